The van der Waals surface area contributed by atoms with Gasteiger partial charge < -0.3 is 10.0 Å². The summed E-state index contributed by atoms with van der Waals surface area (Å²) in [4.78, 5) is 14.8. The first-order chi connectivity index (χ1) is 8.79. The summed E-state index contributed by atoms with van der Waals surface area (Å²) in [5, 5.41) is 10.7. The molecular formula is C14H17NO2S. The Hall–Kier alpha value is -1.31. The monoisotopic (exact) mass is 263 g/mol. The highest BCUT2D eigenvalue weighted by molar-refractivity contribution is 7.10. The van der Waals surface area contributed by atoms with Crippen LogP contribution in [0.2, 0.25) is 0 Å². The maximum Gasteiger partial charge on any atom is 0.222 e. The summed E-state index contributed by atoms with van der Waals surface area (Å²) in [6, 6.07) is 2.04. The zero-order valence-electron chi connectivity index (χ0n) is 10.3. The fourth-order valence-corrected chi connectivity index (χ4v) is 2.80. The van der Waals surface area contributed by atoms with Crippen LogP contribution < -0.4 is 0 Å². The van der Waals surface area contributed by atoms with Gasteiger partial charge in [-0.15, -0.1) is 11.3 Å². The highest BCUT2D eigenvalue weighted by Crippen LogP contribution is 2.19. The predicted octanol–water partition coefficient (Wildman–Crippen LogP) is 1.99. The molecule has 1 aliphatic rings. The number of hydrogen-bond acceptors (Lipinski definition) is 3. The lowest BCUT2D eigenvalue weighted by Gasteiger charge is -2.26. The van der Waals surface area contributed by atoms with Gasteiger partial charge in [-0.25, -0.2) is 0 Å². The van der Waals surface area contributed by atoms with Gasteiger partial charge in [0.25, 0.3) is 0 Å². The third-order valence-electron chi connectivity index (χ3n) is 2.89. The molecule has 1 fully saturated rings. The van der Waals surface area contributed by atoms with Gasteiger partial charge in [0.2, 0.25) is 5.91 Å². The minimum absolute atomic E-state index is 0.103. The fourth-order valence-electron chi connectivity index (χ4n) is 1.97. The average molecular weight is 263 g/mol. The maximum absolute atomic E-state index is 11.7. The van der Waals surface area contributed by atoms with Crippen LogP contribution in [0.25, 0.3) is 0 Å². The molecule has 2 rings (SSSR count). The first kappa shape index (κ1) is 13.1. The molecule has 1 aliphatic heterocycles. The standard InChI is InChI=1S/C14H17NO2S/c16-8-4-2-5-12-9-13(18-11-12)10-15-7-3-1-6-14(15)17/h9,11,16H,1,3-4,6-8,10H2. The summed E-state index contributed by atoms with van der Waals surface area (Å²) < 4.78 is 0. The number of likely N-dealkylation sites (tertiary alicyclic amines) is 1. The predicted molar refractivity (Wildman–Crippen MR) is 72.2 cm³/mol. The Kier molecular flexibility index (Phi) is 4.80. The molecule has 1 saturated heterocycles. The smallest absolute Gasteiger partial charge is 0.222 e. The summed E-state index contributed by atoms with van der Waals surface area (Å²) in [7, 11) is 0. The van der Waals surface area contributed by atoms with Gasteiger partial charge in [-0.2, -0.15) is 0 Å². The molecule has 96 valence electrons. The normalized spacial score (nSPS) is 15.4. The van der Waals surface area contributed by atoms with Crippen LogP contribution in [-0.4, -0.2) is 29.1 Å². The van der Waals surface area contributed by atoms with Gasteiger partial charge in [-0.05, 0) is 18.9 Å². The van der Waals surface area contributed by atoms with E-state index in [9.17, 15) is 4.79 Å². The SMILES string of the molecule is O=C1CCCCN1Cc1cc(C#CCCO)cs1. The zero-order chi connectivity index (χ0) is 12.8. The average Bonchev–Trinajstić information content (AvgIpc) is 2.80. The number of amides is 1. The number of carbonyl (C=O) groups excluding carboxylic acids is 1. The molecule has 0 radical (unpaired) electrons. The van der Waals surface area contributed by atoms with Crippen molar-refractivity contribution < 1.29 is 9.90 Å². The second-order valence-electron chi connectivity index (χ2n) is 4.35. The number of rotatable bonds is 3. The Bertz CT molecular complexity index is 470. The van der Waals surface area contributed by atoms with E-state index in [2.05, 4.69) is 11.8 Å². The highest BCUT2D eigenvalue weighted by Gasteiger charge is 2.18. The third-order valence-corrected chi connectivity index (χ3v) is 3.81. The second-order valence-corrected chi connectivity index (χ2v) is 5.35. The van der Waals surface area contributed by atoms with Crippen molar-refractivity contribution in [3.05, 3.63) is 21.9 Å². The van der Waals surface area contributed by atoms with Crippen LogP contribution >= 0.6 is 11.3 Å². The summed E-state index contributed by atoms with van der Waals surface area (Å²) in [5.74, 6) is 6.18. The van der Waals surface area contributed by atoms with Gasteiger partial charge in [-0.1, -0.05) is 11.8 Å². The molecule has 3 nitrogen and oxygen atoms in total. The number of carbonyl (C=O) groups is 1. The molecule has 0 unspecified atom stereocenters. The van der Waals surface area contributed by atoms with E-state index in [0.717, 1.165) is 24.9 Å². The van der Waals surface area contributed by atoms with Crippen LogP contribution in [0, 0.1) is 11.8 Å². The maximum atomic E-state index is 11.7. The molecule has 0 saturated carbocycles. The molecule has 0 aromatic carbocycles. The van der Waals surface area contributed by atoms with E-state index in [-0.39, 0.29) is 12.5 Å². The summed E-state index contributed by atoms with van der Waals surface area (Å²) in [6.45, 7) is 1.69. The van der Waals surface area contributed by atoms with Crippen molar-refractivity contribution in [3.63, 3.8) is 0 Å². The number of nitrogens with zero attached hydrogens (tertiary/aromatic N) is 1. The van der Waals surface area contributed by atoms with Crippen molar-refractivity contribution in [2.75, 3.05) is 13.2 Å². The van der Waals surface area contributed by atoms with E-state index in [1.807, 2.05) is 16.3 Å². The molecule has 2 heterocycles. The van der Waals surface area contributed by atoms with Gasteiger partial charge in [-0.3, -0.25) is 4.79 Å². The van der Waals surface area contributed by atoms with Crippen LogP contribution in [-0.2, 0) is 11.3 Å². The Morgan fingerprint density at radius 1 is 1.44 bits per heavy atom. The molecule has 1 aromatic rings. The molecule has 1 N–H and O–H groups in total. The molecule has 4 heteroatoms. The van der Waals surface area contributed by atoms with Crippen LogP contribution in [0.1, 0.15) is 36.1 Å². The first-order valence-electron chi connectivity index (χ1n) is 6.24. The lowest BCUT2D eigenvalue weighted by Crippen LogP contribution is -2.34. The van der Waals surface area contributed by atoms with Gasteiger partial charge in [0.15, 0.2) is 0 Å². The van der Waals surface area contributed by atoms with Crippen molar-refractivity contribution in [2.24, 2.45) is 0 Å². The first-order valence-corrected chi connectivity index (χ1v) is 7.12. The molecule has 18 heavy (non-hydrogen) atoms. The van der Waals surface area contributed by atoms with E-state index < -0.39 is 0 Å². The quantitative estimate of drug-likeness (QED) is 0.847. The fraction of sp³-hybridized carbons (Fsp3) is 0.500. The number of hydrogen-bond donors (Lipinski definition) is 1. The third kappa shape index (κ3) is 3.59. The van der Waals surface area contributed by atoms with Crippen LogP contribution in [0.15, 0.2) is 11.4 Å². The second kappa shape index (κ2) is 6.58. The summed E-state index contributed by atoms with van der Waals surface area (Å²) in [6.07, 6.45) is 3.34. The van der Waals surface area contributed by atoms with Crippen molar-refractivity contribution >= 4 is 17.2 Å². The Labute approximate surface area is 111 Å². The molecule has 0 atom stereocenters. The summed E-state index contributed by atoms with van der Waals surface area (Å²) >= 11 is 1.64. The van der Waals surface area contributed by atoms with E-state index in [0.29, 0.717) is 19.4 Å². The van der Waals surface area contributed by atoms with E-state index in [4.69, 9.17) is 5.11 Å². The number of piperidine rings is 1. The molecule has 0 spiro atoms. The summed E-state index contributed by atoms with van der Waals surface area (Å²) in [5.41, 5.74) is 0.980. The lowest BCUT2D eigenvalue weighted by molar-refractivity contribution is -0.133. The zero-order valence-corrected chi connectivity index (χ0v) is 11.1. The lowest BCUT2D eigenvalue weighted by atomic mass is 10.1. The Morgan fingerprint density at radius 3 is 3.11 bits per heavy atom. The number of thiophene rings is 1. The van der Waals surface area contributed by atoms with Crippen LogP contribution in [0.3, 0.4) is 0 Å². The molecule has 1 amide bonds. The van der Waals surface area contributed by atoms with Gasteiger partial charge in [0, 0.05) is 35.2 Å². The minimum atomic E-state index is 0.103. The Balaban J connectivity index is 1.94. The number of aliphatic hydroxyl groups excluding tert-OH is 1. The molecule has 0 bridgehead atoms. The minimum Gasteiger partial charge on any atom is -0.395 e. The van der Waals surface area contributed by atoms with E-state index in [1.54, 1.807) is 11.3 Å². The number of aliphatic hydroxyl groups is 1. The molecule has 1 aromatic heterocycles. The largest absolute Gasteiger partial charge is 0.395 e. The van der Waals surface area contributed by atoms with Crippen molar-refractivity contribution in [1.82, 2.24) is 4.90 Å². The van der Waals surface area contributed by atoms with Crippen molar-refractivity contribution in [3.8, 4) is 11.8 Å². The van der Waals surface area contributed by atoms with E-state index in [1.165, 1.54) is 4.88 Å². The van der Waals surface area contributed by atoms with Gasteiger partial charge in [0.1, 0.15) is 0 Å². The topological polar surface area (TPSA) is 40.5 Å². The van der Waals surface area contributed by atoms with E-state index >= 15 is 0 Å². The van der Waals surface area contributed by atoms with Crippen LogP contribution in [0.5, 0.6) is 0 Å². The van der Waals surface area contributed by atoms with Gasteiger partial charge >= 0.3 is 0 Å². The Morgan fingerprint density at radius 2 is 2.33 bits per heavy atom. The van der Waals surface area contributed by atoms with Crippen molar-refractivity contribution in [1.29, 1.82) is 0 Å². The highest BCUT2D eigenvalue weighted by atomic mass is 32.1. The van der Waals surface area contributed by atoms with Crippen molar-refractivity contribution in [2.45, 2.75) is 32.2 Å². The molecular weight excluding hydrogens is 246 g/mol. The van der Waals surface area contributed by atoms with Crippen LogP contribution in [0.4, 0.5) is 0 Å². The van der Waals surface area contributed by atoms with Gasteiger partial charge in [0.05, 0.1) is 13.2 Å². The molecule has 0 aliphatic carbocycles.